The molecule has 0 saturated carbocycles. The highest BCUT2D eigenvalue weighted by Crippen LogP contribution is 2.23. The van der Waals surface area contributed by atoms with E-state index in [0.29, 0.717) is 19.4 Å². The van der Waals surface area contributed by atoms with Crippen molar-refractivity contribution in [2.24, 2.45) is 0 Å². The second kappa shape index (κ2) is 7.45. The Morgan fingerprint density at radius 3 is 2.76 bits per heavy atom. The average molecular weight is 301 g/mol. The molecule has 1 aromatic rings. The molecule has 0 amide bonds. The van der Waals surface area contributed by atoms with E-state index in [2.05, 4.69) is 15.9 Å². The molecular weight excluding hydrogens is 284 g/mol. The maximum Gasteiger partial charge on any atom is 0.137 e. The molecule has 1 rings (SSSR count). The third kappa shape index (κ3) is 4.88. The molecule has 1 aromatic carbocycles. The SMILES string of the molecule is COCCCC(=O)Cc1cc(Br)ccc1OC. The Morgan fingerprint density at radius 1 is 1.35 bits per heavy atom. The average Bonchev–Trinajstić information content (AvgIpc) is 2.29. The summed E-state index contributed by atoms with van der Waals surface area (Å²) in [7, 11) is 3.25. The lowest BCUT2D eigenvalue weighted by molar-refractivity contribution is -0.118. The van der Waals surface area contributed by atoms with Crippen molar-refractivity contribution in [1.82, 2.24) is 0 Å². The van der Waals surface area contributed by atoms with Gasteiger partial charge >= 0.3 is 0 Å². The second-order valence-corrected chi connectivity index (χ2v) is 4.68. The van der Waals surface area contributed by atoms with Crippen molar-refractivity contribution in [2.75, 3.05) is 20.8 Å². The molecule has 0 atom stereocenters. The number of methoxy groups -OCH3 is 2. The van der Waals surface area contributed by atoms with Crippen LogP contribution < -0.4 is 4.74 Å². The molecule has 17 heavy (non-hydrogen) atoms. The molecule has 0 unspecified atom stereocenters. The number of Topliss-reactive ketones (excluding diaryl/α,β-unsaturated/α-hetero) is 1. The fourth-order valence-electron chi connectivity index (χ4n) is 1.60. The maximum absolute atomic E-state index is 11.7. The van der Waals surface area contributed by atoms with E-state index in [-0.39, 0.29) is 5.78 Å². The van der Waals surface area contributed by atoms with Gasteiger partial charge in [0, 0.05) is 36.6 Å². The maximum atomic E-state index is 11.7. The van der Waals surface area contributed by atoms with Crippen molar-refractivity contribution < 1.29 is 14.3 Å². The molecule has 0 spiro atoms. The van der Waals surface area contributed by atoms with Crippen LogP contribution in [0.2, 0.25) is 0 Å². The molecule has 3 nitrogen and oxygen atoms in total. The van der Waals surface area contributed by atoms with E-state index in [1.807, 2.05) is 18.2 Å². The fraction of sp³-hybridized carbons (Fsp3) is 0.462. The minimum atomic E-state index is 0.207. The lowest BCUT2D eigenvalue weighted by Gasteiger charge is -2.08. The highest BCUT2D eigenvalue weighted by atomic mass is 79.9. The molecule has 0 bridgehead atoms. The van der Waals surface area contributed by atoms with E-state index in [1.165, 1.54) is 0 Å². The zero-order chi connectivity index (χ0) is 12.7. The van der Waals surface area contributed by atoms with Crippen molar-refractivity contribution in [2.45, 2.75) is 19.3 Å². The highest BCUT2D eigenvalue weighted by Gasteiger charge is 2.09. The van der Waals surface area contributed by atoms with Crippen molar-refractivity contribution in [1.29, 1.82) is 0 Å². The van der Waals surface area contributed by atoms with Crippen LogP contribution in [0.15, 0.2) is 22.7 Å². The summed E-state index contributed by atoms with van der Waals surface area (Å²) in [4.78, 5) is 11.7. The van der Waals surface area contributed by atoms with Gasteiger partial charge in [-0.2, -0.15) is 0 Å². The van der Waals surface area contributed by atoms with Crippen LogP contribution in [0.3, 0.4) is 0 Å². The Kier molecular flexibility index (Phi) is 6.22. The van der Waals surface area contributed by atoms with Crippen molar-refractivity contribution >= 4 is 21.7 Å². The van der Waals surface area contributed by atoms with E-state index in [1.54, 1.807) is 14.2 Å². The van der Waals surface area contributed by atoms with Gasteiger partial charge in [0.05, 0.1) is 7.11 Å². The number of ether oxygens (including phenoxy) is 2. The van der Waals surface area contributed by atoms with E-state index < -0.39 is 0 Å². The summed E-state index contributed by atoms with van der Waals surface area (Å²) >= 11 is 3.39. The summed E-state index contributed by atoms with van der Waals surface area (Å²) in [6.45, 7) is 0.626. The van der Waals surface area contributed by atoms with E-state index in [9.17, 15) is 4.79 Å². The summed E-state index contributed by atoms with van der Waals surface area (Å²) in [5.74, 6) is 0.965. The summed E-state index contributed by atoms with van der Waals surface area (Å²) in [5, 5.41) is 0. The predicted molar refractivity (Wildman–Crippen MR) is 70.5 cm³/mol. The van der Waals surface area contributed by atoms with Crippen LogP contribution in [0.4, 0.5) is 0 Å². The number of halogens is 1. The van der Waals surface area contributed by atoms with Gasteiger partial charge in [-0.15, -0.1) is 0 Å². The molecule has 0 fully saturated rings. The zero-order valence-electron chi connectivity index (χ0n) is 10.2. The lowest BCUT2D eigenvalue weighted by Crippen LogP contribution is -2.05. The summed E-state index contributed by atoms with van der Waals surface area (Å²) in [5.41, 5.74) is 0.921. The monoisotopic (exact) mass is 300 g/mol. The van der Waals surface area contributed by atoms with Crippen molar-refractivity contribution in [3.05, 3.63) is 28.2 Å². The minimum Gasteiger partial charge on any atom is -0.496 e. The number of hydrogen-bond donors (Lipinski definition) is 0. The molecule has 0 N–H and O–H groups in total. The third-order valence-electron chi connectivity index (χ3n) is 2.43. The number of hydrogen-bond acceptors (Lipinski definition) is 3. The molecular formula is C13H17BrO3. The quantitative estimate of drug-likeness (QED) is 0.726. The smallest absolute Gasteiger partial charge is 0.137 e. The Morgan fingerprint density at radius 2 is 2.12 bits per heavy atom. The van der Waals surface area contributed by atoms with Gasteiger partial charge in [0.2, 0.25) is 0 Å². The van der Waals surface area contributed by atoms with Crippen LogP contribution in [0.25, 0.3) is 0 Å². The third-order valence-corrected chi connectivity index (χ3v) is 2.93. The highest BCUT2D eigenvalue weighted by molar-refractivity contribution is 9.10. The van der Waals surface area contributed by atoms with Gasteiger partial charge in [-0.25, -0.2) is 0 Å². The number of rotatable bonds is 7. The first kappa shape index (κ1) is 14.2. The van der Waals surface area contributed by atoms with Gasteiger partial charge in [-0.1, -0.05) is 15.9 Å². The van der Waals surface area contributed by atoms with Crippen LogP contribution in [-0.2, 0) is 16.0 Å². The normalized spacial score (nSPS) is 10.3. The van der Waals surface area contributed by atoms with E-state index in [4.69, 9.17) is 9.47 Å². The van der Waals surface area contributed by atoms with Crippen LogP contribution in [-0.4, -0.2) is 26.6 Å². The molecule has 0 aliphatic carbocycles. The zero-order valence-corrected chi connectivity index (χ0v) is 11.7. The van der Waals surface area contributed by atoms with Crippen molar-refractivity contribution in [3.63, 3.8) is 0 Å². The Balaban J connectivity index is 2.60. The van der Waals surface area contributed by atoms with Crippen LogP contribution in [0, 0.1) is 0 Å². The molecule has 0 aliphatic rings. The largest absolute Gasteiger partial charge is 0.496 e. The molecule has 0 heterocycles. The van der Waals surface area contributed by atoms with E-state index >= 15 is 0 Å². The topological polar surface area (TPSA) is 35.5 Å². The summed E-state index contributed by atoms with van der Waals surface area (Å²) in [6.07, 6.45) is 1.72. The molecule has 94 valence electrons. The fourth-order valence-corrected chi connectivity index (χ4v) is 2.01. The molecule has 0 saturated heterocycles. The Hall–Kier alpha value is -0.870. The number of benzene rings is 1. The predicted octanol–water partition coefficient (Wildman–Crippen LogP) is 3.00. The standard InChI is InChI=1S/C13H17BrO3/c1-16-7-3-4-12(15)9-10-8-11(14)5-6-13(10)17-2/h5-6,8H,3-4,7,9H2,1-2H3. The second-order valence-electron chi connectivity index (χ2n) is 3.77. The van der Waals surface area contributed by atoms with Gasteiger partial charge < -0.3 is 9.47 Å². The molecule has 0 aliphatic heterocycles. The summed E-state index contributed by atoms with van der Waals surface area (Å²) in [6, 6.07) is 5.69. The molecule has 0 aromatic heterocycles. The number of ketones is 1. The Labute approximate surface area is 110 Å². The lowest BCUT2D eigenvalue weighted by atomic mass is 10.1. The first-order valence-electron chi connectivity index (χ1n) is 5.50. The minimum absolute atomic E-state index is 0.207. The first-order valence-corrected chi connectivity index (χ1v) is 6.29. The molecule has 4 heteroatoms. The van der Waals surface area contributed by atoms with Crippen LogP contribution >= 0.6 is 15.9 Å². The summed E-state index contributed by atoms with van der Waals surface area (Å²) < 4.78 is 11.1. The Bertz CT molecular complexity index is 377. The van der Waals surface area contributed by atoms with Gasteiger partial charge in [0.25, 0.3) is 0 Å². The van der Waals surface area contributed by atoms with E-state index in [0.717, 1.165) is 22.2 Å². The van der Waals surface area contributed by atoms with Gasteiger partial charge in [-0.3, -0.25) is 4.79 Å². The molecule has 0 radical (unpaired) electrons. The van der Waals surface area contributed by atoms with Gasteiger partial charge in [0.15, 0.2) is 0 Å². The van der Waals surface area contributed by atoms with Crippen LogP contribution in [0.5, 0.6) is 5.75 Å². The van der Waals surface area contributed by atoms with Gasteiger partial charge in [-0.05, 0) is 24.6 Å². The number of carbonyl (C=O) groups is 1. The first-order chi connectivity index (χ1) is 8.17. The van der Waals surface area contributed by atoms with Gasteiger partial charge in [0.1, 0.15) is 11.5 Å². The number of carbonyl (C=O) groups excluding carboxylic acids is 1. The van der Waals surface area contributed by atoms with Crippen molar-refractivity contribution in [3.8, 4) is 5.75 Å². The van der Waals surface area contributed by atoms with Crippen LogP contribution in [0.1, 0.15) is 18.4 Å².